The molecule has 0 aliphatic carbocycles. The summed E-state index contributed by atoms with van der Waals surface area (Å²) in [6, 6.07) is 0.417. The molecule has 1 unspecified atom stereocenters. The van der Waals surface area contributed by atoms with Crippen LogP contribution in [0.15, 0.2) is 0 Å². The number of carbonyl (C=O) groups is 1. The van der Waals surface area contributed by atoms with Crippen molar-refractivity contribution < 1.29 is 4.79 Å². The second kappa shape index (κ2) is 10.7. The quantitative estimate of drug-likeness (QED) is 0.810. The third-order valence-corrected chi connectivity index (χ3v) is 4.22. The van der Waals surface area contributed by atoms with Gasteiger partial charge in [-0.3, -0.25) is 4.79 Å². The lowest BCUT2D eigenvalue weighted by molar-refractivity contribution is -0.121. The molecule has 2 aliphatic heterocycles. The minimum Gasteiger partial charge on any atom is -0.355 e. The van der Waals surface area contributed by atoms with Crippen LogP contribution in [0.4, 0.5) is 0 Å². The first kappa shape index (κ1) is 20.0. The van der Waals surface area contributed by atoms with Crippen molar-refractivity contribution >= 4 is 30.7 Å². The first-order valence-electron chi connectivity index (χ1n) is 7.46. The van der Waals surface area contributed by atoms with Crippen LogP contribution in [0.5, 0.6) is 0 Å². The lowest BCUT2D eigenvalue weighted by Crippen LogP contribution is -2.40. The standard InChI is InChI=1S/C14H27N3O.2ClH/c1-12-4-8-17(9-5-12)10-7-16-14(18)11-13-3-2-6-15-13;;/h12-13,15H,2-11H2,1H3,(H,16,18);2*1H. The Morgan fingerprint density at radius 1 is 1.25 bits per heavy atom. The Bertz CT molecular complexity index is 265. The van der Waals surface area contributed by atoms with Crippen LogP contribution in [-0.4, -0.2) is 49.6 Å². The van der Waals surface area contributed by atoms with E-state index in [1.807, 2.05) is 0 Å². The highest BCUT2D eigenvalue weighted by atomic mass is 35.5. The van der Waals surface area contributed by atoms with Crippen LogP contribution in [0.2, 0.25) is 0 Å². The van der Waals surface area contributed by atoms with Crippen LogP contribution in [0.25, 0.3) is 0 Å². The monoisotopic (exact) mass is 325 g/mol. The van der Waals surface area contributed by atoms with Crippen molar-refractivity contribution in [3.63, 3.8) is 0 Å². The van der Waals surface area contributed by atoms with E-state index in [2.05, 4.69) is 22.5 Å². The number of likely N-dealkylation sites (tertiary alicyclic amines) is 1. The van der Waals surface area contributed by atoms with E-state index in [4.69, 9.17) is 0 Å². The molecule has 120 valence electrons. The number of nitrogens with zero attached hydrogens (tertiary/aromatic N) is 1. The zero-order chi connectivity index (χ0) is 12.8. The highest BCUT2D eigenvalue weighted by molar-refractivity contribution is 5.85. The van der Waals surface area contributed by atoms with E-state index in [9.17, 15) is 4.79 Å². The predicted octanol–water partition coefficient (Wildman–Crippen LogP) is 1.82. The second-order valence-electron chi connectivity index (χ2n) is 5.87. The average molecular weight is 326 g/mol. The minimum absolute atomic E-state index is 0. The van der Waals surface area contributed by atoms with Crippen molar-refractivity contribution in [3.05, 3.63) is 0 Å². The number of carbonyl (C=O) groups excluding carboxylic acids is 1. The van der Waals surface area contributed by atoms with Gasteiger partial charge in [-0.2, -0.15) is 0 Å². The minimum atomic E-state index is 0. The van der Waals surface area contributed by atoms with Gasteiger partial charge >= 0.3 is 0 Å². The fourth-order valence-corrected chi connectivity index (χ4v) is 2.87. The number of amides is 1. The van der Waals surface area contributed by atoms with Crippen LogP contribution >= 0.6 is 24.8 Å². The Kier molecular flexibility index (Phi) is 10.6. The van der Waals surface area contributed by atoms with E-state index in [0.717, 1.165) is 32.0 Å². The molecule has 0 spiro atoms. The van der Waals surface area contributed by atoms with Crippen molar-refractivity contribution in [2.75, 3.05) is 32.7 Å². The van der Waals surface area contributed by atoms with Crippen LogP contribution < -0.4 is 10.6 Å². The van der Waals surface area contributed by atoms with E-state index in [0.29, 0.717) is 12.5 Å². The van der Waals surface area contributed by atoms with E-state index in [1.54, 1.807) is 0 Å². The number of rotatable bonds is 5. The molecule has 6 heteroatoms. The summed E-state index contributed by atoms with van der Waals surface area (Å²) in [6.45, 7) is 7.61. The molecule has 2 saturated heterocycles. The SMILES string of the molecule is CC1CCN(CCNC(=O)CC2CCCN2)CC1.Cl.Cl. The third-order valence-electron chi connectivity index (χ3n) is 4.22. The Morgan fingerprint density at radius 2 is 1.95 bits per heavy atom. The third kappa shape index (κ3) is 7.11. The van der Waals surface area contributed by atoms with E-state index >= 15 is 0 Å². The molecule has 0 aromatic heterocycles. The lowest BCUT2D eigenvalue weighted by atomic mass is 9.99. The molecular weight excluding hydrogens is 297 g/mol. The van der Waals surface area contributed by atoms with Gasteiger partial charge in [0.15, 0.2) is 0 Å². The summed E-state index contributed by atoms with van der Waals surface area (Å²) >= 11 is 0. The van der Waals surface area contributed by atoms with E-state index in [1.165, 1.54) is 32.4 Å². The molecule has 0 aromatic rings. The van der Waals surface area contributed by atoms with E-state index < -0.39 is 0 Å². The van der Waals surface area contributed by atoms with Crippen LogP contribution in [0.1, 0.15) is 39.0 Å². The molecule has 1 amide bonds. The smallest absolute Gasteiger partial charge is 0.221 e. The summed E-state index contributed by atoms with van der Waals surface area (Å²) in [7, 11) is 0. The van der Waals surface area contributed by atoms with Crippen molar-refractivity contribution in [2.45, 2.75) is 45.1 Å². The van der Waals surface area contributed by atoms with Gasteiger partial charge in [-0.25, -0.2) is 0 Å². The lowest BCUT2D eigenvalue weighted by Gasteiger charge is -2.30. The van der Waals surface area contributed by atoms with Gasteiger partial charge in [0.25, 0.3) is 0 Å². The average Bonchev–Trinajstić information content (AvgIpc) is 2.84. The Labute approximate surface area is 135 Å². The number of piperidine rings is 1. The second-order valence-corrected chi connectivity index (χ2v) is 5.87. The summed E-state index contributed by atoms with van der Waals surface area (Å²) in [5.41, 5.74) is 0. The van der Waals surface area contributed by atoms with Crippen LogP contribution in [0.3, 0.4) is 0 Å². The summed E-state index contributed by atoms with van der Waals surface area (Å²) in [6.07, 6.45) is 5.62. The van der Waals surface area contributed by atoms with Crippen molar-refractivity contribution in [1.29, 1.82) is 0 Å². The molecule has 2 heterocycles. The molecule has 0 saturated carbocycles. The van der Waals surface area contributed by atoms with Crippen molar-refractivity contribution in [1.82, 2.24) is 15.5 Å². The summed E-state index contributed by atoms with van der Waals surface area (Å²) in [5, 5.41) is 6.41. The Hall–Kier alpha value is -0.0300. The molecule has 0 bridgehead atoms. The van der Waals surface area contributed by atoms with Gasteiger partial charge in [0.05, 0.1) is 0 Å². The molecule has 2 aliphatic rings. The molecule has 4 nitrogen and oxygen atoms in total. The maximum atomic E-state index is 11.7. The van der Waals surface area contributed by atoms with Crippen molar-refractivity contribution in [3.8, 4) is 0 Å². The normalized spacial score (nSPS) is 23.8. The van der Waals surface area contributed by atoms with Gasteiger partial charge in [-0.05, 0) is 51.2 Å². The van der Waals surface area contributed by atoms with Crippen LogP contribution in [-0.2, 0) is 4.79 Å². The van der Waals surface area contributed by atoms with Gasteiger partial charge < -0.3 is 15.5 Å². The molecule has 2 fully saturated rings. The fourth-order valence-electron chi connectivity index (χ4n) is 2.87. The number of halogens is 2. The maximum absolute atomic E-state index is 11.7. The number of hydrogen-bond acceptors (Lipinski definition) is 3. The predicted molar refractivity (Wildman–Crippen MR) is 88.0 cm³/mol. The molecule has 2 N–H and O–H groups in total. The van der Waals surface area contributed by atoms with Gasteiger partial charge in [0.2, 0.25) is 5.91 Å². The zero-order valence-electron chi connectivity index (χ0n) is 12.4. The van der Waals surface area contributed by atoms with Gasteiger partial charge in [-0.1, -0.05) is 6.92 Å². The fraction of sp³-hybridized carbons (Fsp3) is 0.929. The van der Waals surface area contributed by atoms with Gasteiger partial charge in [0, 0.05) is 25.6 Å². The summed E-state index contributed by atoms with van der Waals surface area (Å²) in [5.74, 6) is 1.09. The highest BCUT2D eigenvalue weighted by Gasteiger charge is 2.18. The van der Waals surface area contributed by atoms with E-state index in [-0.39, 0.29) is 30.7 Å². The Balaban J connectivity index is 0.00000180. The molecule has 20 heavy (non-hydrogen) atoms. The highest BCUT2D eigenvalue weighted by Crippen LogP contribution is 2.15. The Morgan fingerprint density at radius 3 is 2.55 bits per heavy atom. The summed E-state index contributed by atoms with van der Waals surface area (Å²) in [4.78, 5) is 14.2. The first-order chi connectivity index (χ1) is 8.74. The molecule has 0 radical (unpaired) electrons. The molecule has 0 aromatic carbocycles. The zero-order valence-corrected chi connectivity index (χ0v) is 14.0. The molecular formula is C14H29Cl2N3O. The van der Waals surface area contributed by atoms with Gasteiger partial charge in [-0.15, -0.1) is 24.8 Å². The van der Waals surface area contributed by atoms with Crippen molar-refractivity contribution in [2.24, 2.45) is 5.92 Å². The molecule has 1 atom stereocenters. The maximum Gasteiger partial charge on any atom is 0.221 e. The number of hydrogen-bond donors (Lipinski definition) is 2. The van der Waals surface area contributed by atoms with Crippen LogP contribution in [0, 0.1) is 5.92 Å². The summed E-state index contributed by atoms with van der Waals surface area (Å²) < 4.78 is 0. The topological polar surface area (TPSA) is 44.4 Å². The largest absolute Gasteiger partial charge is 0.355 e. The van der Waals surface area contributed by atoms with Gasteiger partial charge in [0.1, 0.15) is 0 Å². The number of nitrogens with one attached hydrogen (secondary N) is 2. The molecule has 2 rings (SSSR count). The first-order valence-corrected chi connectivity index (χ1v) is 7.46.